The summed E-state index contributed by atoms with van der Waals surface area (Å²) in [5, 5.41) is 0. The van der Waals surface area contributed by atoms with Gasteiger partial charge in [-0.2, -0.15) is 0 Å². The van der Waals surface area contributed by atoms with Crippen molar-refractivity contribution >= 4 is 72.0 Å². The Labute approximate surface area is 134 Å². The summed E-state index contributed by atoms with van der Waals surface area (Å²) in [7, 11) is -9.25. The zero-order chi connectivity index (χ0) is 9.00. The summed E-state index contributed by atoms with van der Waals surface area (Å²) in [6.07, 6.45) is 0. The van der Waals surface area contributed by atoms with Crippen molar-refractivity contribution in [3.8, 4) is 0 Å². The summed E-state index contributed by atoms with van der Waals surface area (Å²) >= 11 is 0. The number of rotatable bonds is 0. The summed E-state index contributed by atoms with van der Waals surface area (Å²) in [6, 6.07) is 0. The number of hydrogen-bond donors (Lipinski definition) is 7. The van der Waals surface area contributed by atoms with Crippen molar-refractivity contribution in [3.05, 3.63) is 0 Å². The molecule has 9 N–H and O–H groups in total. The van der Waals surface area contributed by atoms with E-state index in [1.54, 1.807) is 0 Å². The topological polar surface area (TPSA) is 190 Å². The van der Waals surface area contributed by atoms with E-state index in [4.69, 9.17) is 38.4 Å². The minimum Gasteiger partial charge on any atom is 0 e. The molecule has 9 nitrogen and oxygen atoms in total. The van der Waals surface area contributed by atoms with E-state index in [2.05, 4.69) is 0 Å². The molecular weight excluding hydrogens is 336 g/mol. The molecule has 0 aromatic carbocycles. The van der Waals surface area contributed by atoms with Gasteiger partial charge >= 0.3 is 54.6 Å². The Morgan fingerprint density at radius 3 is 0.929 bits per heavy atom. The molecule has 14 heavy (non-hydrogen) atoms. The quantitative estimate of drug-likeness (QED) is 0.166. The standard InChI is InChI=1S/Al.Ca.H3O4P.H4O4Si.H2O.Zn.5H/c;;2*1-5(2,3)4;;;;;;;/h;;(H3,1,2,3,4);1-4H;1H2;;;;;;. The van der Waals surface area contributed by atoms with Crippen LogP contribution in [0.5, 0.6) is 0 Å². The zero-order valence-electron chi connectivity index (χ0n) is 5.69. The molecule has 14 heteroatoms. The minimum absolute atomic E-state index is 0. The van der Waals surface area contributed by atoms with E-state index in [0.29, 0.717) is 0 Å². The molecule has 0 heterocycles. The molecule has 0 aliphatic heterocycles. The molecule has 0 saturated carbocycles. The van der Waals surface area contributed by atoms with Crippen LogP contribution >= 0.6 is 7.82 Å². The molecule has 0 aliphatic carbocycles. The van der Waals surface area contributed by atoms with Crippen LogP contribution in [0.3, 0.4) is 0 Å². The van der Waals surface area contributed by atoms with Gasteiger partial charge in [-0.25, -0.2) is 4.57 Å². The second-order valence-electron chi connectivity index (χ2n) is 1.11. The van der Waals surface area contributed by atoms with E-state index in [1.807, 2.05) is 0 Å². The van der Waals surface area contributed by atoms with Crippen LogP contribution < -0.4 is 0 Å². The van der Waals surface area contributed by atoms with Crippen molar-refractivity contribution in [1.82, 2.24) is 0 Å². The molecule has 84 valence electrons. The third-order valence-electron chi connectivity index (χ3n) is 0. The summed E-state index contributed by atoms with van der Waals surface area (Å²) in [5.41, 5.74) is 0. The van der Waals surface area contributed by atoms with Crippen molar-refractivity contribution in [1.29, 1.82) is 0 Å². The first-order valence-corrected chi connectivity index (χ1v) is 5.03. The van der Waals surface area contributed by atoms with Gasteiger partial charge < -0.3 is 39.3 Å². The van der Waals surface area contributed by atoms with Gasteiger partial charge in [0.25, 0.3) is 0 Å². The number of hydrogen-bond acceptors (Lipinski definition) is 5. The van der Waals surface area contributed by atoms with Crippen LogP contribution in [0.2, 0.25) is 0 Å². The van der Waals surface area contributed by atoms with Crippen molar-refractivity contribution in [2.45, 2.75) is 0 Å². The summed E-state index contributed by atoms with van der Waals surface area (Å²) in [6.45, 7) is 0. The molecule has 0 amide bonds. The Hall–Kier alpha value is 2.54. The van der Waals surface area contributed by atoms with Crippen molar-refractivity contribution in [2.24, 2.45) is 0 Å². The zero-order valence-corrected chi connectivity index (χ0v) is 10.6. The Morgan fingerprint density at radius 1 is 0.929 bits per heavy atom. The van der Waals surface area contributed by atoms with Gasteiger partial charge in [0.05, 0.1) is 0 Å². The normalized spacial score (nSPS) is 8.50. The first kappa shape index (κ1) is 36.0. The Balaban J connectivity index is -0.0000000178. The van der Waals surface area contributed by atoms with E-state index in [9.17, 15) is 0 Å². The van der Waals surface area contributed by atoms with Gasteiger partial charge in [-0.3, -0.25) is 0 Å². The average Bonchev–Trinajstić information content (AvgIpc) is 1.12. The van der Waals surface area contributed by atoms with Crippen LogP contribution in [0.25, 0.3) is 0 Å². The fourth-order valence-electron chi connectivity index (χ4n) is 0. The van der Waals surface area contributed by atoms with Crippen LogP contribution in [-0.2, 0) is 24.0 Å². The maximum absolute atomic E-state index is 8.88. The molecule has 0 fully saturated rings. The van der Waals surface area contributed by atoms with Crippen molar-refractivity contribution < 1.29 is 63.4 Å². The van der Waals surface area contributed by atoms with E-state index >= 15 is 0 Å². The summed E-state index contributed by atoms with van der Waals surface area (Å²) in [5.74, 6) is 0. The Bertz CT molecular complexity index is 117. The largest absolute Gasteiger partial charge is 0 e. The molecule has 0 aromatic rings. The second kappa shape index (κ2) is 15.5. The maximum Gasteiger partial charge on any atom is 0 e. The van der Waals surface area contributed by atoms with Crippen molar-refractivity contribution in [2.75, 3.05) is 0 Å². The van der Waals surface area contributed by atoms with Crippen molar-refractivity contribution in [3.63, 3.8) is 0 Å². The van der Waals surface area contributed by atoms with Crippen LogP contribution in [0.1, 0.15) is 0 Å². The van der Waals surface area contributed by atoms with Gasteiger partial charge in [-0.05, 0) is 0 Å². The molecule has 0 aliphatic rings. The minimum atomic E-state index is -4.64. The Kier molecular flexibility index (Phi) is 39.9. The van der Waals surface area contributed by atoms with E-state index < -0.39 is 16.9 Å². The predicted molar refractivity (Wildman–Crippen MR) is 51.0 cm³/mol. The molecule has 0 saturated heterocycles. The molecule has 0 radical (unpaired) electrons. The average molecular weight is 350 g/mol. The van der Waals surface area contributed by atoms with Crippen LogP contribution in [0.15, 0.2) is 0 Å². The molecule has 0 bridgehead atoms. The molecule has 0 aromatic heterocycles. The third-order valence-corrected chi connectivity index (χ3v) is 0. The van der Waals surface area contributed by atoms with E-state index in [0.717, 1.165) is 0 Å². The molecular formula is H14AlCaO9PSiZn. The smallest absolute Gasteiger partial charge is 0 e. The molecule has 0 unspecified atom stereocenters. The predicted octanol–water partition coefficient (Wildman–Crippen LogP) is -6.46. The fraction of sp³-hybridized carbons (Fsp3) is 0. The van der Waals surface area contributed by atoms with Gasteiger partial charge in [-0.15, -0.1) is 0 Å². The van der Waals surface area contributed by atoms with Crippen LogP contribution in [-0.4, -0.2) is 103 Å². The third kappa shape index (κ3) is 413. The van der Waals surface area contributed by atoms with E-state index in [-0.39, 0.29) is 80.1 Å². The molecule has 0 atom stereocenters. The van der Waals surface area contributed by atoms with Gasteiger partial charge in [0.2, 0.25) is 0 Å². The van der Waals surface area contributed by atoms with Gasteiger partial charge in [0, 0.05) is 19.5 Å². The summed E-state index contributed by atoms with van der Waals surface area (Å²) < 4.78 is 8.88. The van der Waals surface area contributed by atoms with E-state index in [1.165, 1.54) is 0 Å². The number of phosphoric acid groups is 1. The van der Waals surface area contributed by atoms with Crippen LogP contribution in [0.4, 0.5) is 0 Å². The second-order valence-corrected chi connectivity index (χ2v) is 3.34. The summed E-state index contributed by atoms with van der Waals surface area (Å²) in [4.78, 5) is 50.9. The first-order chi connectivity index (χ1) is 4.00. The molecule has 0 spiro atoms. The van der Waals surface area contributed by atoms with Gasteiger partial charge in [-0.1, -0.05) is 0 Å². The van der Waals surface area contributed by atoms with Crippen LogP contribution in [0, 0.1) is 0 Å². The Morgan fingerprint density at radius 2 is 0.929 bits per heavy atom. The molecule has 0 rings (SSSR count). The monoisotopic (exact) mass is 348 g/mol. The maximum atomic E-state index is 8.88. The fourth-order valence-corrected chi connectivity index (χ4v) is 0. The van der Waals surface area contributed by atoms with Gasteiger partial charge in [0.15, 0.2) is 17.4 Å². The van der Waals surface area contributed by atoms with Gasteiger partial charge in [0.1, 0.15) is 0 Å². The SMILES string of the molecule is O.O=P(O)(O)O.O[Si](O)(O)O.[AlH3].[CaH2].[Zn]. The first-order valence-electron chi connectivity index (χ1n) is 1.68.